The summed E-state index contributed by atoms with van der Waals surface area (Å²) in [6, 6.07) is 1.89. The molecule has 1 heterocycles. The third-order valence-corrected chi connectivity index (χ3v) is 3.51. The molecule has 14 heavy (non-hydrogen) atoms. The number of nitrogens with one attached hydrogen (secondary N) is 1. The SMILES string of the molecule is CCNC(CS(C)(=O)=O)c1ccsc1. The molecule has 0 amide bonds. The maximum absolute atomic E-state index is 11.2. The zero-order chi connectivity index (χ0) is 10.6. The molecule has 80 valence electrons. The van der Waals surface area contributed by atoms with E-state index in [0.29, 0.717) is 0 Å². The highest BCUT2D eigenvalue weighted by molar-refractivity contribution is 7.90. The summed E-state index contributed by atoms with van der Waals surface area (Å²) in [6.45, 7) is 2.75. The van der Waals surface area contributed by atoms with Crippen LogP contribution in [0.5, 0.6) is 0 Å². The normalized spacial score (nSPS) is 14.1. The fourth-order valence-electron chi connectivity index (χ4n) is 1.30. The van der Waals surface area contributed by atoms with Crippen molar-refractivity contribution in [1.82, 2.24) is 5.32 Å². The summed E-state index contributed by atoms with van der Waals surface area (Å²) in [5.74, 6) is 0.164. The van der Waals surface area contributed by atoms with Crippen LogP contribution in [-0.4, -0.2) is 27.0 Å². The van der Waals surface area contributed by atoms with E-state index in [1.807, 2.05) is 23.8 Å². The van der Waals surface area contributed by atoms with Crippen LogP contribution in [-0.2, 0) is 9.84 Å². The van der Waals surface area contributed by atoms with Gasteiger partial charge in [0.2, 0.25) is 0 Å². The topological polar surface area (TPSA) is 46.2 Å². The van der Waals surface area contributed by atoms with E-state index in [9.17, 15) is 8.42 Å². The van der Waals surface area contributed by atoms with Crippen molar-refractivity contribution in [3.63, 3.8) is 0 Å². The van der Waals surface area contributed by atoms with Crippen molar-refractivity contribution in [3.8, 4) is 0 Å². The standard InChI is InChI=1S/C9H15NO2S2/c1-3-10-9(7-14(2,11)12)8-4-5-13-6-8/h4-6,9-10H,3,7H2,1-2H3. The summed E-state index contributed by atoms with van der Waals surface area (Å²) < 4.78 is 22.4. The number of hydrogen-bond donors (Lipinski definition) is 1. The van der Waals surface area contributed by atoms with Gasteiger partial charge in [-0.2, -0.15) is 11.3 Å². The fourth-order valence-corrected chi connectivity index (χ4v) is 2.93. The second-order valence-electron chi connectivity index (χ2n) is 3.26. The Hall–Kier alpha value is -0.390. The Morgan fingerprint density at radius 3 is 2.71 bits per heavy atom. The number of rotatable bonds is 5. The lowest BCUT2D eigenvalue weighted by molar-refractivity contribution is 0.564. The van der Waals surface area contributed by atoms with E-state index in [4.69, 9.17) is 0 Å². The van der Waals surface area contributed by atoms with E-state index in [0.717, 1.165) is 12.1 Å². The van der Waals surface area contributed by atoms with Crippen molar-refractivity contribution < 1.29 is 8.42 Å². The first-order valence-electron chi connectivity index (χ1n) is 4.46. The van der Waals surface area contributed by atoms with Gasteiger partial charge in [-0.1, -0.05) is 6.92 Å². The van der Waals surface area contributed by atoms with Crippen LogP contribution in [0.2, 0.25) is 0 Å². The summed E-state index contributed by atoms with van der Waals surface area (Å²) in [7, 11) is -2.93. The van der Waals surface area contributed by atoms with Crippen molar-refractivity contribution in [1.29, 1.82) is 0 Å². The first-order chi connectivity index (χ1) is 6.53. The molecule has 1 N–H and O–H groups in total. The first kappa shape index (κ1) is 11.7. The monoisotopic (exact) mass is 233 g/mol. The molecule has 0 fully saturated rings. The summed E-state index contributed by atoms with van der Waals surface area (Å²) in [4.78, 5) is 0. The van der Waals surface area contributed by atoms with E-state index in [1.54, 1.807) is 11.3 Å². The van der Waals surface area contributed by atoms with Crippen molar-refractivity contribution >= 4 is 21.2 Å². The highest BCUT2D eigenvalue weighted by atomic mass is 32.2. The predicted molar refractivity (Wildman–Crippen MR) is 60.4 cm³/mol. The van der Waals surface area contributed by atoms with E-state index in [2.05, 4.69) is 5.32 Å². The Morgan fingerprint density at radius 2 is 2.29 bits per heavy atom. The van der Waals surface area contributed by atoms with Crippen molar-refractivity contribution in [2.45, 2.75) is 13.0 Å². The molecule has 0 bridgehead atoms. The summed E-state index contributed by atoms with van der Waals surface area (Å²) in [6.07, 6.45) is 1.27. The van der Waals surface area contributed by atoms with E-state index in [-0.39, 0.29) is 11.8 Å². The highest BCUT2D eigenvalue weighted by Gasteiger charge is 2.16. The number of hydrogen-bond acceptors (Lipinski definition) is 4. The van der Waals surface area contributed by atoms with Crippen LogP contribution in [0.4, 0.5) is 0 Å². The predicted octanol–water partition coefficient (Wildman–Crippen LogP) is 1.44. The second kappa shape index (κ2) is 4.91. The third kappa shape index (κ3) is 3.77. The Balaban J connectivity index is 2.75. The molecule has 0 aliphatic carbocycles. The molecule has 3 nitrogen and oxygen atoms in total. The van der Waals surface area contributed by atoms with Crippen LogP contribution < -0.4 is 5.32 Å². The maximum Gasteiger partial charge on any atom is 0.149 e. The zero-order valence-corrected chi connectivity index (χ0v) is 9.99. The lowest BCUT2D eigenvalue weighted by atomic mass is 10.2. The van der Waals surface area contributed by atoms with Crippen LogP contribution in [0.15, 0.2) is 16.8 Å². The summed E-state index contributed by atoms with van der Waals surface area (Å²) in [5, 5.41) is 7.11. The molecule has 0 saturated carbocycles. The van der Waals surface area contributed by atoms with Gasteiger partial charge in [-0.15, -0.1) is 0 Å². The Bertz CT molecular complexity index is 356. The molecule has 0 aliphatic heterocycles. The van der Waals surface area contributed by atoms with Gasteiger partial charge in [0.15, 0.2) is 0 Å². The minimum atomic E-state index is -2.93. The molecule has 1 rings (SSSR count). The molecule has 0 saturated heterocycles. The van der Waals surface area contributed by atoms with Gasteiger partial charge in [0.1, 0.15) is 9.84 Å². The fraction of sp³-hybridized carbons (Fsp3) is 0.556. The van der Waals surface area contributed by atoms with Gasteiger partial charge in [-0.3, -0.25) is 0 Å². The smallest absolute Gasteiger partial charge is 0.149 e. The van der Waals surface area contributed by atoms with Crippen LogP contribution in [0.1, 0.15) is 18.5 Å². The third-order valence-electron chi connectivity index (χ3n) is 1.87. The molecule has 5 heteroatoms. The Kier molecular flexibility index (Phi) is 4.10. The molecule has 1 atom stereocenters. The van der Waals surface area contributed by atoms with E-state index < -0.39 is 9.84 Å². The van der Waals surface area contributed by atoms with Gasteiger partial charge in [-0.25, -0.2) is 8.42 Å². The zero-order valence-electron chi connectivity index (χ0n) is 8.36. The van der Waals surface area contributed by atoms with Gasteiger partial charge in [0.05, 0.1) is 5.75 Å². The minimum absolute atomic E-state index is 0.0683. The largest absolute Gasteiger partial charge is 0.309 e. The molecule has 0 spiro atoms. The molecule has 0 aliphatic rings. The highest BCUT2D eigenvalue weighted by Crippen LogP contribution is 2.17. The van der Waals surface area contributed by atoms with Crippen molar-refractivity contribution in [2.75, 3.05) is 18.6 Å². The van der Waals surface area contributed by atoms with Crippen LogP contribution in [0, 0.1) is 0 Å². The van der Waals surface area contributed by atoms with Crippen molar-refractivity contribution in [2.24, 2.45) is 0 Å². The Labute approximate surface area is 89.1 Å². The number of thiophene rings is 1. The minimum Gasteiger partial charge on any atom is -0.309 e. The van der Waals surface area contributed by atoms with E-state index >= 15 is 0 Å². The van der Waals surface area contributed by atoms with Crippen molar-refractivity contribution in [3.05, 3.63) is 22.4 Å². The van der Waals surface area contributed by atoms with Gasteiger partial charge in [0.25, 0.3) is 0 Å². The lowest BCUT2D eigenvalue weighted by Crippen LogP contribution is -2.27. The Morgan fingerprint density at radius 1 is 1.57 bits per heavy atom. The molecule has 1 aromatic rings. The number of sulfone groups is 1. The molecular formula is C9H15NO2S2. The molecule has 1 unspecified atom stereocenters. The summed E-state index contributed by atoms with van der Waals surface area (Å²) in [5.41, 5.74) is 1.06. The molecule has 0 radical (unpaired) electrons. The average Bonchev–Trinajstić information content (AvgIpc) is 2.52. The van der Waals surface area contributed by atoms with Crippen LogP contribution >= 0.6 is 11.3 Å². The maximum atomic E-state index is 11.2. The van der Waals surface area contributed by atoms with E-state index in [1.165, 1.54) is 6.26 Å². The lowest BCUT2D eigenvalue weighted by Gasteiger charge is -2.15. The van der Waals surface area contributed by atoms with Gasteiger partial charge >= 0.3 is 0 Å². The second-order valence-corrected chi connectivity index (χ2v) is 6.22. The molecular weight excluding hydrogens is 218 g/mol. The van der Waals surface area contributed by atoms with Crippen LogP contribution in [0.25, 0.3) is 0 Å². The van der Waals surface area contributed by atoms with Crippen LogP contribution in [0.3, 0.4) is 0 Å². The summed E-state index contributed by atoms with van der Waals surface area (Å²) >= 11 is 1.58. The van der Waals surface area contributed by atoms with Gasteiger partial charge in [-0.05, 0) is 28.9 Å². The quantitative estimate of drug-likeness (QED) is 0.837. The first-order valence-corrected chi connectivity index (χ1v) is 7.46. The average molecular weight is 233 g/mol. The molecule has 1 aromatic heterocycles. The van der Waals surface area contributed by atoms with Gasteiger partial charge < -0.3 is 5.32 Å². The molecule has 0 aromatic carbocycles. The van der Waals surface area contributed by atoms with Gasteiger partial charge in [0, 0.05) is 12.3 Å².